The molecule has 1 aromatic rings. The van der Waals surface area contributed by atoms with E-state index in [0.717, 1.165) is 25.3 Å². The maximum Gasteiger partial charge on any atom is 0.308 e. The zero-order valence-electron chi connectivity index (χ0n) is 8.68. The van der Waals surface area contributed by atoms with Gasteiger partial charge in [-0.05, 0) is 19.8 Å². The second-order valence-corrected chi connectivity index (χ2v) is 3.93. The van der Waals surface area contributed by atoms with Gasteiger partial charge in [0.2, 0.25) is 5.95 Å². The van der Waals surface area contributed by atoms with Crippen LogP contribution in [0.25, 0.3) is 0 Å². The molecule has 5 heteroatoms. The van der Waals surface area contributed by atoms with Gasteiger partial charge in [-0.15, -0.1) is 0 Å². The number of aromatic amines is 1. The van der Waals surface area contributed by atoms with Crippen molar-refractivity contribution in [1.82, 2.24) is 9.97 Å². The number of hydrogen-bond acceptors (Lipinski definition) is 3. The number of rotatable bonds is 2. The van der Waals surface area contributed by atoms with Crippen LogP contribution >= 0.6 is 0 Å². The predicted molar refractivity (Wildman–Crippen MR) is 55.8 cm³/mol. The van der Waals surface area contributed by atoms with E-state index in [1.165, 1.54) is 0 Å². The Morgan fingerprint density at radius 3 is 3.13 bits per heavy atom. The molecule has 2 heterocycles. The number of aliphatic carboxylic acids is 1. The lowest BCUT2D eigenvalue weighted by Gasteiger charge is -2.37. The van der Waals surface area contributed by atoms with E-state index in [0.29, 0.717) is 0 Å². The van der Waals surface area contributed by atoms with E-state index >= 15 is 0 Å². The molecular weight excluding hydrogens is 194 g/mol. The van der Waals surface area contributed by atoms with Gasteiger partial charge >= 0.3 is 5.97 Å². The summed E-state index contributed by atoms with van der Waals surface area (Å²) in [6.07, 6.45) is 5.11. The van der Waals surface area contributed by atoms with E-state index in [-0.39, 0.29) is 12.0 Å². The standard InChI is InChI=1S/C10H15N3O2/c1-7-8(9(14)15)3-2-6-13(7)10-11-4-5-12-10/h4-5,7-8H,2-3,6H2,1H3,(H,11,12)(H,14,15)/t7-,8+/m1/s1. The number of carboxylic acids is 1. The van der Waals surface area contributed by atoms with Gasteiger partial charge < -0.3 is 15.0 Å². The summed E-state index contributed by atoms with van der Waals surface area (Å²) in [4.78, 5) is 20.2. The number of imidazole rings is 1. The molecule has 1 saturated heterocycles. The summed E-state index contributed by atoms with van der Waals surface area (Å²) in [6, 6.07) is 0.00222. The quantitative estimate of drug-likeness (QED) is 0.765. The lowest BCUT2D eigenvalue weighted by molar-refractivity contribution is -0.143. The van der Waals surface area contributed by atoms with Gasteiger partial charge in [0.05, 0.1) is 5.92 Å². The van der Waals surface area contributed by atoms with Crippen molar-refractivity contribution in [2.45, 2.75) is 25.8 Å². The molecule has 1 fully saturated rings. The third kappa shape index (κ3) is 1.82. The molecule has 0 aromatic carbocycles. The Balaban J connectivity index is 2.16. The first-order valence-electron chi connectivity index (χ1n) is 5.19. The maximum absolute atomic E-state index is 11.0. The number of nitrogens with one attached hydrogen (secondary N) is 1. The molecule has 0 bridgehead atoms. The lowest BCUT2D eigenvalue weighted by atomic mass is 9.90. The van der Waals surface area contributed by atoms with Crippen LogP contribution in [0.2, 0.25) is 0 Å². The fourth-order valence-corrected chi connectivity index (χ4v) is 2.19. The predicted octanol–water partition coefficient (Wildman–Crippen LogP) is 1.10. The highest BCUT2D eigenvalue weighted by atomic mass is 16.4. The SMILES string of the molecule is C[C@@H]1[C@@H](C(=O)O)CCCN1c1ncc[nH]1. The van der Waals surface area contributed by atoms with Gasteiger partial charge in [0.15, 0.2) is 0 Å². The minimum absolute atomic E-state index is 0.00222. The van der Waals surface area contributed by atoms with E-state index in [2.05, 4.69) is 9.97 Å². The summed E-state index contributed by atoms with van der Waals surface area (Å²) in [5.74, 6) is -0.226. The molecule has 2 atom stereocenters. The minimum Gasteiger partial charge on any atom is -0.481 e. The number of carbonyl (C=O) groups is 1. The Kier molecular flexibility index (Phi) is 2.62. The fraction of sp³-hybridized carbons (Fsp3) is 0.600. The summed E-state index contributed by atoms with van der Waals surface area (Å²) < 4.78 is 0. The molecule has 2 rings (SSSR count). The van der Waals surface area contributed by atoms with Crippen molar-refractivity contribution in [1.29, 1.82) is 0 Å². The van der Waals surface area contributed by atoms with E-state index in [1.54, 1.807) is 12.4 Å². The smallest absolute Gasteiger partial charge is 0.308 e. The third-order valence-electron chi connectivity index (χ3n) is 3.06. The van der Waals surface area contributed by atoms with Crippen molar-refractivity contribution >= 4 is 11.9 Å². The molecule has 5 nitrogen and oxygen atoms in total. The molecule has 1 aliphatic rings. The highest BCUT2D eigenvalue weighted by Gasteiger charge is 2.33. The molecule has 0 unspecified atom stereocenters. The van der Waals surface area contributed by atoms with Crippen molar-refractivity contribution in [2.24, 2.45) is 5.92 Å². The first-order chi connectivity index (χ1) is 7.20. The molecule has 0 radical (unpaired) electrons. The summed E-state index contributed by atoms with van der Waals surface area (Å²) in [5.41, 5.74) is 0. The largest absolute Gasteiger partial charge is 0.481 e. The monoisotopic (exact) mass is 209 g/mol. The number of nitrogens with zero attached hydrogens (tertiary/aromatic N) is 2. The Morgan fingerprint density at radius 1 is 1.73 bits per heavy atom. The minimum atomic E-state index is -0.709. The first kappa shape index (κ1) is 10.0. The number of carboxylic acid groups (broad SMARTS) is 1. The lowest BCUT2D eigenvalue weighted by Crippen LogP contribution is -2.46. The molecule has 82 valence electrons. The van der Waals surface area contributed by atoms with Gasteiger partial charge in [0.1, 0.15) is 0 Å². The summed E-state index contributed by atoms with van der Waals surface area (Å²) in [5, 5.41) is 9.07. The number of piperidine rings is 1. The number of aromatic nitrogens is 2. The molecule has 1 aliphatic heterocycles. The fourth-order valence-electron chi connectivity index (χ4n) is 2.19. The second-order valence-electron chi connectivity index (χ2n) is 3.93. The Hall–Kier alpha value is -1.52. The van der Waals surface area contributed by atoms with Crippen molar-refractivity contribution in [2.75, 3.05) is 11.4 Å². The topological polar surface area (TPSA) is 69.2 Å². The summed E-state index contributed by atoms with van der Waals surface area (Å²) in [6.45, 7) is 2.82. The Labute approximate surface area is 88.1 Å². The third-order valence-corrected chi connectivity index (χ3v) is 3.06. The van der Waals surface area contributed by atoms with Gasteiger partial charge in [-0.25, -0.2) is 4.98 Å². The van der Waals surface area contributed by atoms with Crippen LogP contribution in [0.5, 0.6) is 0 Å². The maximum atomic E-state index is 11.0. The van der Waals surface area contributed by atoms with Crippen LogP contribution in [0.1, 0.15) is 19.8 Å². The van der Waals surface area contributed by atoms with Gasteiger partial charge in [-0.2, -0.15) is 0 Å². The van der Waals surface area contributed by atoms with Crippen LogP contribution in [0.15, 0.2) is 12.4 Å². The highest BCUT2D eigenvalue weighted by Crippen LogP contribution is 2.26. The van der Waals surface area contributed by atoms with Crippen LogP contribution in [0, 0.1) is 5.92 Å². The van der Waals surface area contributed by atoms with E-state index in [4.69, 9.17) is 5.11 Å². The van der Waals surface area contributed by atoms with Crippen LogP contribution < -0.4 is 4.90 Å². The molecule has 0 spiro atoms. The van der Waals surface area contributed by atoms with Crippen molar-refractivity contribution < 1.29 is 9.90 Å². The van der Waals surface area contributed by atoms with Crippen molar-refractivity contribution in [3.05, 3.63) is 12.4 Å². The summed E-state index contributed by atoms with van der Waals surface area (Å²) >= 11 is 0. The van der Waals surface area contributed by atoms with Gasteiger partial charge in [0.25, 0.3) is 0 Å². The van der Waals surface area contributed by atoms with Gasteiger partial charge in [-0.3, -0.25) is 4.79 Å². The average molecular weight is 209 g/mol. The molecule has 2 N–H and O–H groups in total. The molecular formula is C10H15N3O2. The van der Waals surface area contributed by atoms with E-state index in [1.807, 2.05) is 11.8 Å². The number of anilines is 1. The normalized spacial score (nSPS) is 26.6. The Bertz CT molecular complexity index is 336. The number of hydrogen-bond donors (Lipinski definition) is 2. The van der Waals surface area contributed by atoms with Crippen molar-refractivity contribution in [3.8, 4) is 0 Å². The molecule has 0 saturated carbocycles. The summed E-state index contributed by atoms with van der Waals surface area (Å²) in [7, 11) is 0. The van der Waals surface area contributed by atoms with Crippen molar-refractivity contribution in [3.63, 3.8) is 0 Å². The highest BCUT2D eigenvalue weighted by molar-refractivity contribution is 5.71. The zero-order chi connectivity index (χ0) is 10.8. The molecule has 1 aromatic heterocycles. The molecule has 0 aliphatic carbocycles. The van der Waals surface area contributed by atoms with Crippen LogP contribution in [0.4, 0.5) is 5.95 Å². The number of H-pyrrole nitrogens is 1. The second kappa shape index (κ2) is 3.92. The Morgan fingerprint density at radius 2 is 2.53 bits per heavy atom. The molecule has 0 amide bonds. The van der Waals surface area contributed by atoms with Crippen LogP contribution in [-0.4, -0.2) is 33.6 Å². The molecule has 15 heavy (non-hydrogen) atoms. The van der Waals surface area contributed by atoms with Crippen LogP contribution in [0.3, 0.4) is 0 Å². The van der Waals surface area contributed by atoms with Gasteiger partial charge in [-0.1, -0.05) is 0 Å². The van der Waals surface area contributed by atoms with Crippen LogP contribution in [-0.2, 0) is 4.79 Å². The van der Waals surface area contributed by atoms with Gasteiger partial charge in [0, 0.05) is 25.0 Å². The first-order valence-corrected chi connectivity index (χ1v) is 5.19. The average Bonchev–Trinajstić information content (AvgIpc) is 2.70. The van der Waals surface area contributed by atoms with E-state index < -0.39 is 5.97 Å². The van der Waals surface area contributed by atoms with E-state index in [9.17, 15) is 4.79 Å². The zero-order valence-corrected chi connectivity index (χ0v) is 8.68.